The van der Waals surface area contributed by atoms with E-state index in [1.165, 1.54) is 6.07 Å². The number of hydrogen-bond acceptors (Lipinski definition) is 3. The second-order valence-electron chi connectivity index (χ2n) is 6.91. The summed E-state index contributed by atoms with van der Waals surface area (Å²) in [6.45, 7) is 9.84. The second-order valence-corrected chi connectivity index (χ2v) is 7.32. The number of halogens is 2. The first-order valence-electron chi connectivity index (χ1n) is 7.23. The number of hydrogen-bond donors (Lipinski definition) is 1. The van der Waals surface area contributed by atoms with Gasteiger partial charge in [-0.1, -0.05) is 17.7 Å². The first kappa shape index (κ1) is 16.7. The van der Waals surface area contributed by atoms with Gasteiger partial charge in [0.2, 0.25) is 0 Å². The summed E-state index contributed by atoms with van der Waals surface area (Å²) in [5, 5.41) is 0.424. The van der Waals surface area contributed by atoms with Crippen molar-refractivity contribution in [3.05, 3.63) is 34.6 Å². The van der Waals surface area contributed by atoms with Crippen molar-refractivity contribution in [2.75, 3.05) is 19.6 Å². The van der Waals surface area contributed by atoms with E-state index in [0.717, 1.165) is 0 Å². The molecule has 0 aliphatic carbocycles. The van der Waals surface area contributed by atoms with E-state index >= 15 is 0 Å². The van der Waals surface area contributed by atoms with Crippen LogP contribution in [-0.4, -0.2) is 35.7 Å². The lowest BCUT2D eigenvalue weighted by molar-refractivity contribution is -0.187. The Kier molecular flexibility index (Phi) is 4.64. The van der Waals surface area contributed by atoms with E-state index < -0.39 is 0 Å². The van der Waals surface area contributed by atoms with E-state index in [1.807, 2.05) is 27.7 Å². The topological polar surface area (TPSA) is 38.5 Å². The van der Waals surface area contributed by atoms with Gasteiger partial charge in [0, 0.05) is 30.2 Å². The van der Waals surface area contributed by atoms with Gasteiger partial charge in [0.25, 0.3) is 0 Å². The second kappa shape index (κ2) is 5.84. The molecule has 0 bridgehead atoms. The predicted octanol–water partition coefficient (Wildman–Crippen LogP) is 3.37. The van der Waals surface area contributed by atoms with Gasteiger partial charge in [-0.2, -0.15) is 0 Å². The summed E-state index contributed by atoms with van der Waals surface area (Å²) in [4.78, 5) is 2.17. The Morgan fingerprint density at radius 2 is 1.86 bits per heavy atom. The number of benzene rings is 1. The average molecular weight is 315 g/mol. The SMILES string of the molecule is CC1(C)CN(C(CN)c2c(F)cccc2Cl)CC(C)(C)O1. The van der Waals surface area contributed by atoms with Gasteiger partial charge in [0.15, 0.2) is 0 Å². The van der Waals surface area contributed by atoms with Gasteiger partial charge in [-0.3, -0.25) is 4.90 Å². The minimum atomic E-state index is -0.313. The quantitative estimate of drug-likeness (QED) is 0.929. The normalized spacial score (nSPS) is 23.0. The molecule has 118 valence electrons. The molecule has 1 aliphatic rings. The molecule has 2 N–H and O–H groups in total. The van der Waals surface area contributed by atoms with Crippen LogP contribution >= 0.6 is 11.6 Å². The van der Waals surface area contributed by atoms with Crippen LogP contribution in [-0.2, 0) is 4.74 Å². The predicted molar refractivity (Wildman–Crippen MR) is 84.0 cm³/mol. The lowest BCUT2D eigenvalue weighted by atomic mass is 9.94. The Labute approximate surface area is 131 Å². The summed E-state index contributed by atoms with van der Waals surface area (Å²) < 4.78 is 20.3. The Morgan fingerprint density at radius 3 is 2.33 bits per heavy atom. The van der Waals surface area contributed by atoms with E-state index in [1.54, 1.807) is 12.1 Å². The van der Waals surface area contributed by atoms with E-state index in [4.69, 9.17) is 22.1 Å². The third-order valence-corrected chi connectivity index (χ3v) is 4.05. The molecule has 1 heterocycles. The standard InChI is InChI=1S/C16H24ClFN2O/c1-15(2)9-20(10-16(3,4)21-15)13(8-19)14-11(17)6-5-7-12(14)18/h5-7,13H,8-10,19H2,1-4H3. The van der Waals surface area contributed by atoms with Gasteiger partial charge in [-0.25, -0.2) is 4.39 Å². The summed E-state index contributed by atoms with van der Waals surface area (Å²) in [7, 11) is 0. The molecule has 1 saturated heterocycles. The van der Waals surface area contributed by atoms with E-state index in [9.17, 15) is 4.39 Å². The molecule has 2 rings (SSSR count). The van der Waals surface area contributed by atoms with Crippen LogP contribution in [0.1, 0.15) is 39.3 Å². The van der Waals surface area contributed by atoms with Crippen LogP contribution in [0.3, 0.4) is 0 Å². The summed E-state index contributed by atoms with van der Waals surface area (Å²) >= 11 is 6.21. The molecule has 0 radical (unpaired) electrons. The molecule has 1 aliphatic heterocycles. The highest BCUT2D eigenvalue weighted by Gasteiger charge is 2.41. The Morgan fingerprint density at radius 1 is 1.29 bits per heavy atom. The summed E-state index contributed by atoms with van der Waals surface area (Å²) in [5.74, 6) is -0.306. The molecule has 21 heavy (non-hydrogen) atoms. The van der Waals surface area contributed by atoms with Gasteiger partial charge in [-0.05, 0) is 39.8 Å². The number of morpholine rings is 1. The van der Waals surface area contributed by atoms with Crippen molar-refractivity contribution >= 4 is 11.6 Å². The highest BCUT2D eigenvalue weighted by Crippen LogP contribution is 2.36. The summed E-state index contributed by atoms with van der Waals surface area (Å²) in [6.07, 6.45) is 0. The van der Waals surface area contributed by atoms with E-state index in [2.05, 4.69) is 4.90 Å². The minimum absolute atomic E-state index is 0.249. The fourth-order valence-electron chi connectivity index (χ4n) is 3.35. The van der Waals surface area contributed by atoms with Crippen LogP contribution in [0.25, 0.3) is 0 Å². The van der Waals surface area contributed by atoms with Crippen molar-refractivity contribution in [3.63, 3.8) is 0 Å². The van der Waals surface area contributed by atoms with Crippen LogP contribution in [0.5, 0.6) is 0 Å². The van der Waals surface area contributed by atoms with Crippen molar-refractivity contribution in [3.8, 4) is 0 Å². The van der Waals surface area contributed by atoms with E-state index in [0.29, 0.717) is 30.2 Å². The molecule has 3 nitrogen and oxygen atoms in total. The van der Waals surface area contributed by atoms with Crippen molar-refractivity contribution in [1.29, 1.82) is 0 Å². The van der Waals surface area contributed by atoms with Gasteiger partial charge in [0.1, 0.15) is 5.82 Å². The number of nitrogens with two attached hydrogens (primary N) is 1. The van der Waals surface area contributed by atoms with Crippen molar-refractivity contribution in [2.45, 2.75) is 44.9 Å². The molecule has 0 spiro atoms. The molecule has 0 amide bonds. The fourth-order valence-corrected chi connectivity index (χ4v) is 3.63. The van der Waals surface area contributed by atoms with Crippen LogP contribution in [0, 0.1) is 5.82 Å². The highest BCUT2D eigenvalue weighted by molar-refractivity contribution is 6.31. The van der Waals surface area contributed by atoms with Crippen LogP contribution in [0.15, 0.2) is 18.2 Å². The molecule has 1 aromatic rings. The molecular weight excluding hydrogens is 291 g/mol. The number of ether oxygens (including phenoxy) is 1. The monoisotopic (exact) mass is 314 g/mol. The zero-order valence-corrected chi connectivity index (χ0v) is 13.9. The molecule has 1 aromatic carbocycles. The maximum atomic E-state index is 14.2. The number of nitrogens with zero attached hydrogens (tertiary/aromatic N) is 1. The smallest absolute Gasteiger partial charge is 0.129 e. The molecule has 0 saturated carbocycles. The molecular formula is C16H24ClFN2O. The Balaban J connectivity index is 2.37. The fraction of sp³-hybridized carbons (Fsp3) is 0.625. The lowest BCUT2D eigenvalue weighted by Gasteiger charge is -2.49. The third kappa shape index (κ3) is 3.75. The van der Waals surface area contributed by atoms with Gasteiger partial charge < -0.3 is 10.5 Å². The van der Waals surface area contributed by atoms with Gasteiger partial charge in [-0.15, -0.1) is 0 Å². The maximum absolute atomic E-state index is 14.2. The first-order valence-corrected chi connectivity index (χ1v) is 7.61. The first-order chi connectivity index (χ1) is 9.65. The largest absolute Gasteiger partial charge is 0.367 e. The van der Waals surface area contributed by atoms with Gasteiger partial charge >= 0.3 is 0 Å². The molecule has 0 aromatic heterocycles. The molecule has 1 fully saturated rings. The lowest BCUT2D eigenvalue weighted by Crippen LogP contribution is -2.58. The zero-order chi connectivity index (χ0) is 15.8. The van der Waals surface area contributed by atoms with Crippen LogP contribution < -0.4 is 5.73 Å². The van der Waals surface area contributed by atoms with Crippen molar-refractivity contribution in [2.24, 2.45) is 5.73 Å². The third-order valence-electron chi connectivity index (χ3n) is 3.72. The number of rotatable bonds is 3. The Bertz CT molecular complexity index is 483. The van der Waals surface area contributed by atoms with Crippen molar-refractivity contribution in [1.82, 2.24) is 4.90 Å². The summed E-state index contributed by atoms with van der Waals surface area (Å²) in [5.41, 5.74) is 5.80. The zero-order valence-electron chi connectivity index (χ0n) is 13.1. The summed E-state index contributed by atoms with van der Waals surface area (Å²) in [6, 6.07) is 4.50. The molecule has 1 atom stereocenters. The maximum Gasteiger partial charge on any atom is 0.129 e. The van der Waals surface area contributed by atoms with E-state index in [-0.39, 0.29) is 23.1 Å². The average Bonchev–Trinajstić information content (AvgIpc) is 2.29. The Hall–Kier alpha value is -0.680. The minimum Gasteiger partial charge on any atom is -0.367 e. The highest BCUT2D eigenvalue weighted by atomic mass is 35.5. The van der Waals surface area contributed by atoms with Crippen molar-refractivity contribution < 1.29 is 9.13 Å². The molecule has 5 heteroatoms. The van der Waals surface area contributed by atoms with Gasteiger partial charge in [0.05, 0.1) is 17.2 Å². The van der Waals surface area contributed by atoms with Crippen LogP contribution in [0.4, 0.5) is 4.39 Å². The molecule has 1 unspecified atom stereocenters. The van der Waals surface area contributed by atoms with Crippen LogP contribution in [0.2, 0.25) is 5.02 Å².